The SMILES string of the molecule is C[C@H](C(=O)N1CCN(c2ccc(Cl)cc2)CC1)c1ncc(C(F)(F)F)cc1Cl. The second-order valence-corrected chi connectivity index (χ2v) is 7.44. The quantitative estimate of drug-likeness (QED) is 0.695. The van der Waals surface area contributed by atoms with E-state index in [2.05, 4.69) is 9.88 Å². The molecule has 150 valence electrons. The third kappa shape index (κ3) is 4.52. The van der Waals surface area contributed by atoms with Crippen molar-refractivity contribution >= 4 is 34.8 Å². The molecule has 1 aliphatic heterocycles. The van der Waals surface area contributed by atoms with Gasteiger partial charge >= 0.3 is 6.18 Å². The van der Waals surface area contributed by atoms with Crippen LogP contribution < -0.4 is 4.90 Å². The molecule has 2 heterocycles. The average Bonchev–Trinajstić information content (AvgIpc) is 2.67. The van der Waals surface area contributed by atoms with Crippen LogP contribution in [0.25, 0.3) is 0 Å². The number of benzene rings is 1. The van der Waals surface area contributed by atoms with Crippen molar-refractivity contribution in [1.29, 1.82) is 0 Å². The van der Waals surface area contributed by atoms with Gasteiger partial charge in [-0.05, 0) is 37.3 Å². The first-order chi connectivity index (χ1) is 13.2. The Kier molecular flexibility index (Phi) is 6.05. The van der Waals surface area contributed by atoms with Gasteiger partial charge in [-0.3, -0.25) is 9.78 Å². The van der Waals surface area contributed by atoms with Crippen molar-refractivity contribution in [3.63, 3.8) is 0 Å². The Morgan fingerprint density at radius 1 is 1.11 bits per heavy atom. The van der Waals surface area contributed by atoms with Crippen LogP contribution in [-0.4, -0.2) is 42.0 Å². The van der Waals surface area contributed by atoms with Crippen LogP contribution in [0.3, 0.4) is 0 Å². The van der Waals surface area contributed by atoms with Gasteiger partial charge in [0.2, 0.25) is 5.91 Å². The third-order valence-electron chi connectivity index (χ3n) is 4.76. The molecular weight excluding hydrogens is 414 g/mol. The van der Waals surface area contributed by atoms with Gasteiger partial charge in [0.1, 0.15) is 0 Å². The first-order valence-corrected chi connectivity index (χ1v) is 9.44. The summed E-state index contributed by atoms with van der Waals surface area (Å²) in [6, 6.07) is 8.29. The summed E-state index contributed by atoms with van der Waals surface area (Å²) in [7, 11) is 0. The summed E-state index contributed by atoms with van der Waals surface area (Å²) in [4.78, 5) is 20.4. The molecule has 0 saturated carbocycles. The number of halogens is 5. The highest BCUT2D eigenvalue weighted by Gasteiger charge is 2.33. The second-order valence-electron chi connectivity index (χ2n) is 6.60. The highest BCUT2D eigenvalue weighted by Crippen LogP contribution is 2.33. The van der Waals surface area contributed by atoms with E-state index in [9.17, 15) is 18.0 Å². The Bertz CT molecular complexity index is 850. The summed E-state index contributed by atoms with van der Waals surface area (Å²) in [5, 5.41) is 0.503. The molecule has 0 N–H and O–H groups in total. The molecule has 28 heavy (non-hydrogen) atoms. The zero-order valence-electron chi connectivity index (χ0n) is 15.0. The van der Waals surface area contributed by atoms with Crippen LogP contribution in [-0.2, 0) is 11.0 Å². The lowest BCUT2D eigenvalue weighted by atomic mass is 10.0. The number of amides is 1. The Morgan fingerprint density at radius 2 is 1.71 bits per heavy atom. The number of carbonyl (C=O) groups is 1. The van der Waals surface area contributed by atoms with E-state index in [1.807, 2.05) is 24.3 Å². The number of piperazine rings is 1. The molecule has 4 nitrogen and oxygen atoms in total. The number of rotatable bonds is 3. The molecule has 1 aromatic heterocycles. The summed E-state index contributed by atoms with van der Waals surface area (Å²) in [6.07, 6.45) is -3.82. The predicted molar refractivity (Wildman–Crippen MR) is 103 cm³/mol. The minimum absolute atomic E-state index is 0.153. The zero-order chi connectivity index (χ0) is 20.5. The molecule has 1 aromatic carbocycles. The summed E-state index contributed by atoms with van der Waals surface area (Å²) in [6.45, 7) is 3.91. The molecule has 0 spiro atoms. The van der Waals surface area contributed by atoms with Gasteiger partial charge in [0.25, 0.3) is 0 Å². The van der Waals surface area contributed by atoms with Crippen LogP contribution in [0.1, 0.15) is 24.1 Å². The van der Waals surface area contributed by atoms with Gasteiger partial charge in [0, 0.05) is 43.1 Å². The number of aromatic nitrogens is 1. The van der Waals surface area contributed by atoms with E-state index in [0.717, 1.165) is 11.8 Å². The summed E-state index contributed by atoms with van der Waals surface area (Å²) in [5.41, 5.74) is 0.245. The van der Waals surface area contributed by atoms with Crippen molar-refractivity contribution in [2.45, 2.75) is 19.0 Å². The van der Waals surface area contributed by atoms with E-state index in [4.69, 9.17) is 23.2 Å². The molecule has 0 aliphatic carbocycles. The molecule has 0 unspecified atom stereocenters. The van der Waals surface area contributed by atoms with Gasteiger partial charge < -0.3 is 9.80 Å². The van der Waals surface area contributed by atoms with Gasteiger partial charge in [-0.25, -0.2) is 0 Å². The maximum absolute atomic E-state index is 12.8. The summed E-state index contributed by atoms with van der Waals surface area (Å²) in [5.74, 6) is -0.929. The lowest BCUT2D eigenvalue weighted by molar-refractivity contribution is -0.137. The third-order valence-corrected chi connectivity index (χ3v) is 5.32. The smallest absolute Gasteiger partial charge is 0.368 e. The Labute approximate surface area is 170 Å². The molecule has 0 radical (unpaired) electrons. The molecule has 1 atom stereocenters. The number of carbonyl (C=O) groups excluding carboxylic acids is 1. The molecular formula is C19H18Cl2F3N3O. The van der Waals surface area contributed by atoms with Crippen LogP contribution >= 0.6 is 23.2 Å². The zero-order valence-corrected chi connectivity index (χ0v) is 16.5. The topological polar surface area (TPSA) is 36.4 Å². The number of hydrogen-bond donors (Lipinski definition) is 0. The lowest BCUT2D eigenvalue weighted by Crippen LogP contribution is -2.49. The Morgan fingerprint density at radius 3 is 2.25 bits per heavy atom. The first-order valence-electron chi connectivity index (χ1n) is 8.69. The van der Waals surface area contributed by atoms with E-state index < -0.39 is 17.7 Å². The van der Waals surface area contributed by atoms with Crippen LogP contribution in [0.5, 0.6) is 0 Å². The van der Waals surface area contributed by atoms with Crippen molar-refractivity contribution in [1.82, 2.24) is 9.88 Å². The molecule has 0 bridgehead atoms. The second kappa shape index (κ2) is 8.17. The van der Waals surface area contributed by atoms with Crippen LogP contribution in [0.2, 0.25) is 10.0 Å². The number of pyridine rings is 1. The van der Waals surface area contributed by atoms with Crippen LogP contribution in [0.15, 0.2) is 36.5 Å². The standard InChI is InChI=1S/C19H18Cl2F3N3O/c1-12(17-16(21)10-13(11-25-17)19(22,23)24)18(28)27-8-6-26(7-9-27)15-4-2-14(20)3-5-15/h2-5,10-12H,6-9H2,1H3/t12-/m0/s1. The first kappa shape index (κ1) is 20.7. The van der Waals surface area contributed by atoms with Gasteiger partial charge in [0.05, 0.1) is 22.2 Å². The van der Waals surface area contributed by atoms with E-state index in [1.165, 1.54) is 0 Å². The monoisotopic (exact) mass is 431 g/mol. The predicted octanol–water partition coefficient (Wildman–Crippen LogP) is 4.86. The molecule has 1 saturated heterocycles. The van der Waals surface area contributed by atoms with Crippen molar-refractivity contribution in [2.24, 2.45) is 0 Å². The highest BCUT2D eigenvalue weighted by molar-refractivity contribution is 6.31. The highest BCUT2D eigenvalue weighted by atomic mass is 35.5. The van der Waals surface area contributed by atoms with Crippen molar-refractivity contribution in [2.75, 3.05) is 31.1 Å². The number of anilines is 1. The molecule has 2 aromatic rings. The van der Waals surface area contributed by atoms with Gasteiger partial charge in [0.15, 0.2) is 0 Å². The van der Waals surface area contributed by atoms with E-state index in [-0.39, 0.29) is 16.6 Å². The van der Waals surface area contributed by atoms with E-state index in [0.29, 0.717) is 37.4 Å². The van der Waals surface area contributed by atoms with Crippen LogP contribution in [0, 0.1) is 0 Å². The molecule has 3 rings (SSSR count). The maximum Gasteiger partial charge on any atom is 0.417 e. The van der Waals surface area contributed by atoms with Crippen molar-refractivity contribution < 1.29 is 18.0 Å². The fourth-order valence-electron chi connectivity index (χ4n) is 3.15. The van der Waals surface area contributed by atoms with Crippen molar-refractivity contribution in [3.8, 4) is 0 Å². The molecule has 9 heteroatoms. The average molecular weight is 432 g/mol. The Balaban J connectivity index is 1.65. The summed E-state index contributed by atoms with van der Waals surface area (Å²) >= 11 is 11.9. The number of hydrogen-bond acceptors (Lipinski definition) is 3. The van der Waals surface area contributed by atoms with E-state index in [1.54, 1.807) is 11.8 Å². The number of alkyl halides is 3. The van der Waals surface area contributed by atoms with Crippen molar-refractivity contribution in [3.05, 3.63) is 57.8 Å². The fraction of sp³-hybridized carbons (Fsp3) is 0.368. The summed E-state index contributed by atoms with van der Waals surface area (Å²) < 4.78 is 38.3. The number of nitrogens with zero attached hydrogens (tertiary/aromatic N) is 3. The minimum atomic E-state index is -4.53. The normalized spacial score (nSPS) is 16.2. The molecule has 1 aliphatic rings. The molecule has 1 amide bonds. The van der Waals surface area contributed by atoms with E-state index >= 15 is 0 Å². The van der Waals surface area contributed by atoms with Gasteiger partial charge in [-0.15, -0.1) is 0 Å². The van der Waals surface area contributed by atoms with Crippen LogP contribution in [0.4, 0.5) is 18.9 Å². The largest absolute Gasteiger partial charge is 0.417 e. The lowest BCUT2D eigenvalue weighted by Gasteiger charge is -2.37. The van der Waals surface area contributed by atoms with Gasteiger partial charge in [-0.1, -0.05) is 23.2 Å². The Hall–Kier alpha value is -1.99. The maximum atomic E-state index is 12.8. The minimum Gasteiger partial charge on any atom is -0.368 e. The molecule has 1 fully saturated rings. The fourth-order valence-corrected chi connectivity index (χ4v) is 3.61. The van der Waals surface area contributed by atoms with Gasteiger partial charge in [-0.2, -0.15) is 13.2 Å².